The van der Waals surface area contributed by atoms with Crippen molar-refractivity contribution in [3.63, 3.8) is 0 Å². The molecule has 5 N–H and O–H groups in total. The summed E-state index contributed by atoms with van der Waals surface area (Å²) >= 11 is 0. The third-order valence-corrected chi connectivity index (χ3v) is 10.2. The van der Waals surface area contributed by atoms with Crippen LogP contribution < -0.4 is 16.8 Å². The standard InChI is InChI=1S/C33H38F8N7O3/c1-16-9-20(42)26(35)24(25(16)32(36,37)38)23-10-21-19(14-50-23)29(46-30(45-21)51-15-31-5-3-8-48(31)12-18(34)11-31)47-7-4-6-44-22(13-47)17(2)27(43)28(49)33(39,40)41/h7,9,18,23,29H,3-6,8,10-15,42-43H2,1-2H3,(H,45,46)/q+1/t18-,23?,29?,31?/m1/s1. The molecule has 0 aliphatic carbocycles. The van der Waals surface area contributed by atoms with Gasteiger partial charge in [-0.25, -0.2) is 13.4 Å². The summed E-state index contributed by atoms with van der Waals surface area (Å²) in [6.07, 6.45) is -10.0. The first-order valence-corrected chi connectivity index (χ1v) is 16.5. The largest absolute Gasteiger partial charge is 0.463 e. The number of fused-ring (bicyclic) bond motifs is 1. The molecule has 10 nitrogen and oxygen atoms in total. The molecule has 5 aliphatic rings. The summed E-state index contributed by atoms with van der Waals surface area (Å²) in [5, 5.41) is 3.05. The van der Waals surface area contributed by atoms with Crippen LogP contribution >= 0.6 is 0 Å². The molecular formula is C33H38F8N7O3+. The maximum Gasteiger partial charge on any atom is 0.456 e. The van der Waals surface area contributed by atoms with Gasteiger partial charge in [0.05, 0.1) is 40.8 Å². The lowest BCUT2D eigenvalue weighted by Gasteiger charge is -2.36. The Kier molecular flexibility index (Phi) is 9.71. The van der Waals surface area contributed by atoms with Gasteiger partial charge in [0.1, 0.15) is 24.7 Å². The van der Waals surface area contributed by atoms with E-state index in [9.17, 15) is 35.5 Å². The molecule has 2 fully saturated rings. The van der Waals surface area contributed by atoms with Crippen LogP contribution in [0.25, 0.3) is 0 Å². The highest BCUT2D eigenvalue weighted by Crippen LogP contribution is 2.45. The molecule has 1 aromatic carbocycles. The van der Waals surface area contributed by atoms with Crippen LogP contribution in [0.3, 0.4) is 0 Å². The third-order valence-electron chi connectivity index (χ3n) is 10.2. The lowest BCUT2D eigenvalue weighted by atomic mass is 9.90. The zero-order valence-electron chi connectivity index (χ0n) is 27.9. The topological polar surface area (TPSA) is 131 Å². The Bertz CT molecular complexity index is 1770. The Morgan fingerprint density at radius 3 is 2.71 bits per heavy atom. The van der Waals surface area contributed by atoms with E-state index in [0.29, 0.717) is 30.7 Å². The molecular weight excluding hydrogens is 694 g/mol. The second-order valence-electron chi connectivity index (χ2n) is 13.5. The fourth-order valence-electron chi connectivity index (χ4n) is 7.69. The average Bonchev–Trinajstić information content (AvgIpc) is 3.46. The van der Waals surface area contributed by atoms with Gasteiger partial charge >= 0.3 is 12.4 Å². The predicted octanol–water partition coefficient (Wildman–Crippen LogP) is 4.62. The van der Waals surface area contributed by atoms with Gasteiger partial charge in [-0.1, -0.05) is 0 Å². The number of halogens is 8. The number of ketones is 1. The molecule has 0 amide bonds. The number of nitrogen functional groups attached to an aromatic ring is 1. The Morgan fingerprint density at radius 1 is 1.25 bits per heavy atom. The molecule has 51 heavy (non-hydrogen) atoms. The summed E-state index contributed by atoms with van der Waals surface area (Å²) in [7, 11) is 0. The number of aryl methyl sites for hydroxylation is 1. The minimum Gasteiger partial charge on any atom is -0.463 e. The van der Waals surface area contributed by atoms with Crippen LogP contribution in [-0.4, -0.2) is 96.7 Å². The lowest BCUT2D eigenvalue weighted by Crippen LogP contribution is -2.47. The molecule has 6 rings (SSSR count). The van der Waals surface area contributed by atoms with Crippen molar-refractivity contribution in [2.45, 2.75) is 82.3 Å². The van der Waals surface area contributed by atoms with Gasteiger partial charge in [-0.2, -0.15) is 31.3 Å². The van der Waals surface area contributed by atoms with Crippen LogP contribution in [0.2, 0.25) is 0 Å². The molecule has 4 atom stereocenters. The Morgan fingerprint density at radius 2 is 2.00 bits per heavy atom. The number of nitrogens with two attached hydrogens (primary N) is 2. The Balaban J connectivity index is 1.36. The number of anilines is 1. The summed E-state index contributed by atoms with van der Waals surface area (Å²) in [5.74, 6) is -3.46. The number of benzene rings is 1. The number of hydrogen-bond donors (Lipinski definition) is 3. The van der Waals surface area contributed by atoms with Crippen LogP contribution in [-0.2, 0) is 20.4 Å². The van der Waals surface area contributed by atoms with Gasteiger partial charge in [-0.15, -0.1) is 0 Å². The van der Waals surface area contributed by atoms with E-state index in [1.54, 1.807) is 10.8 Å². The van der Waals surface area contributed by atoms with Gasteiger partial charge in [0.15, 0.2) is 12.4 Å². The van der Waals surface area contributed by atoms with Crippen molar-refractivity contribution in [2.24, 2.45) is 15.7 Å². The molecule has 5 aliphatic heterocycles. The molecule has 3 unspecified atom stereocenters. The van der Waals surface area contributed by atoms with Crippen molar-refractivity contribution in [3.05, 3.63) is 51.1 Å². The van der Waals surface area contributed by atoms with E-state index in [1.807, 2.05) is 4.90 Å². The lowest BCUT2D eigenvalue weighted by molar-refractivity contribution is -0.538. The number of carbonyl (C=O) groups is 1. The van der Waals surface area contributed by atoms with Crippen LogP contribution in [0, 0.1) is 12.7 Å². The zero-order chi connectivity index (χ0) is 37.0. The van der Waals surface area contributed by atoms with Crippen molar-refractivity contribution in [1.82, 2.24) is 10.2 Å². The highest BCUT2D eigenvalue weighted by molar-refractivity contribution is 6.10. The summed E-state index contributed by atoms with van der Waals surface area (Å²) in [6.45, 7) is 3.14. The number of carbonyl (C=O) groups excluding carboxylic acids is 1. The second kappa shape index (κ2) is 13.5. The Hall–Kier alpha value is -4.06. The fraction of sp³-hybridized carbons (Fsp3) is 0.576. The van der Waals surface area contributed by atoms with Gasteiger partial charge in [0.25, 0.3) is 18.0 Å². The number of Topliss-reactive ketones (excluding diaryl/α,β-unsaturated/α-hetero) is 1. The second-order valence-corrected chi connectivity index (χ2v) is 13.5. The summed E-state index contributed by atoms with van der Waals surface area (Å²) in [4.78, 5) is 23.1. The first-order valence-electron chi connectivity index (χ1n) is 16.5. The fourth-order valence-corrected chi connectivity index (χ4v) is 7.69. The molecule has 0 spiro atoms. The van der Waals surface area contributed by atoms with Crippen molar-refractivity contribution in [2.75, 3.05) is 45.1 Å². The first kappa shape index (κ1) is 36.7. The number of rotatable bonds is 6. The van der Waals surface area contributed by atoms with E-state index in [0.717, 1.165) is 12.5 Å². The summed E-state index contributed by atoms with van der Waals surface area (Å²) in [6, 6.07) is 0.887. The molecule has 5 heterocycles. The van der Waals surface area contributed by atoms with Crippen molar-refractivity contribution >= 4 is 29.4 Å². The van der Waals surface area contributed by atoms with Crippen molar-refractivity contribution < 1.29 is 54.0 Å². The number of aliphatic imine (C=N–C) groups is 2. The number of ether oxygens (including phenoxy) is 2. The van der Waals surface area contributed by atoms with Crippen LogP contribution in [0.4, 0.5) is 40.8 Å². The molecule has 0 saturated carbocycles. The molecule has 2 saturated heterocycles. The van der Waals surface area contributed by atoms with Gasteiger partial charge in [-0.05, 0) is 44.9 Å². The molecule has 0 radical (unpaired) electrons. The first-order chi connectivity index (χ1) is 23.9. The third kappa shape index (κ3) is 7.08. The normalized spacial score (nSPS) is 27.8. The maximum absolute atomic E-state index is 15.5. The predicted molar refractivity (Wildman–Crippen MR) is 170 cm³/mol. The zero-order valence-corrected chi connectivity index (χ0v) is 27.9. The summed E-state index contributed by atoms with van der Waals surface area (Å²) in [5.41, 5.74) is 7.84. The van der Waals surface area contributed by atoms with Gasteiger partial charge in [0, 0.05) is 49.2 Å². The SMILES string of the molecule is CC(C1=NCCC=[N+](C2N=C(OCC34CCCN3C[C@H](F)C4)NC3=C2COC(c2c(F)c(N)cc(C)c2C(F)(F)F)C3)C1)=C(N)C(=O)C(F)(F)F. The molecule has 18 heteroatoms. The number of allylic oxidation sites excluding steroid dienone is 1. The highest BCUT2D eigenvalue weighted by atomic mass is 19.4. The molecule has 1 aromatic rings. The van der Waals surface area contributed by atoms with E-state index >= 15 is 4.39 Å². The van der Waals surface area contributed by atoms with Gasteiger partial charge in [-0.3, -0.25) is 14.7 Å². The minimum atomic E-state index is -5.20. The Labute approximate surface area is 287 Å². The minimum absolute atomic E-state index is 0.0293. The number of nitrogens with one attached hydrogen (secondary N) is 1. The van der Waals surface area contributed by atoms with Crippen LogP contribution in [0.1, 0.15) is 61.8 Å². The molecule has 278 valence electrons. The number of hydrogen-bond acceptors (Lipinski definition) is 9. The van der Waals surface area contributed by atoms with Crippen LogP contribution in [0.15, 0.2) is 38.6 Å². The van der Waals surface area contributed by atoms with E-state index in [1.165, 1.54) is 13.8 Å². The van der Waals surface area contributed by atoms with Crippen molar-refractivity contribution in [1.29, 1.82) is 0 Å². The number of alkyl halides is 7. The number of amidine groups is 1. The molecule has 0 aromatic heterocycles. The quantitative estimate of drug-likeness (QED) is 0.169. The maximum atomic E-state index is 15.5. The van der Waals surface area contributed by atoms with E-state index in [4.69, 9.17) is 25.9 Å². The monoisotopic (exact) mass is 732 g/mol. The smallest absolute Gasteiger partial charge is 0.456 e. The van der Waals surface area contributed by atoms with Gasteiger partial charge in [0.2, 0.25) is 0 Å². The highest BCUT2D eigenvalue weighted by Gasteiger charge is 2.50. The van der Waals surface area contributed by atoms with E-state index in [-0.39, 0.29) is 68.6 Å². The average molecular weight is 733 g/mol. The van der Waals surface area contributed by atoms with Crippen LogP contribution in [0.5, 0.6) is 0 Å². The number of nitrogens with zero attached hydrogens (tertiary/aromatic N) is 4. The molecule has 0 bridgehead atoms. The van der Waals surface area contributed by atoms with E-state index < -0.39 is 70.4 Å². The van der Waals surface area contributed by atoms with Gasteiger partial charge < -0.3 is 26.3 Å². The van der Waals surface area contributed by atoms with E-state index in [2.05, 4.69) is 10.3 Å². The summed E-state index contributed by atoms with van der Waals surface area (Å²) < 4.78 is 126. The van der Waals surface area contributed by atoms with Crippen molar-refractivity contribution in [3.8, 4) is 0 Å².